The molecule has 0 amide bonds. The summed E-state index contributed by atoms with van der Waals surface area (Å²) in [7, 11) is 1.28. The predicted octanol–water partition coefficient (Wildman–Crippen LogP) is 0.748. The molecule has 0 aliphatic heterocycles. The molecular weight excluding hydrogens is 182 g/mol. The van der Waals surface area contributed by atoms with Crippen LogP contribution >= 0.6 is 0 Å². The summed E-state index contributed by atoms with van der Waals surface area (Å²) >= 11 is 0. The molecule has 0 saturated carbocycles. The third kappa shape index (κ3) is 1.42. The Kier molecular flexibility index (Phi) is 2.77. The second kappa shape index (κ2) is 3.83. The zero-order chi connectivity index (χ0) is 10.7. The first kappa shape index (κ1) is 10.1. The van der Waals surface area contributed by atoms with Crippen LogP contribution in [0.1, 0.15) is 23.0 Å². The van der Waals surface area contributed by atoms with Crippen LogP contribution < -0.4 is 5.73 Å². The van der Waals surface area contributed by atoms with Gasteiger partial charge in [0.05, 0.1) is 18.4 Å². The Morgan fingerprint density at radius 3 is 2.86 bits per heavy atom. The van der Waals surface area contributed by atoms with E-state index in [0.29, 0.717) is 12.1 Å². The summed E-state index contributed by atoms with van der Waals surface area (Å²) in [6.07, 6.45) is 1.54. The van der Waals surface area contributed by atoms with E-state index < -0.39 is 5.97 Å². The topological polar surface area (TPSA) is 81.0 Å². The second-order valence-electron chi connectivity index (χ2n) is 2.69. The molecule has 5 heteroatoms. The molecule has 0 aromatic carbocycles. The lowest BCUT2D eigenvalue weighted by Gasteiger charge is -2.04. The Balaban J connectivity index is 3.33. The van der Waals surface area contributed by atoms with E-state index in [9.17, 15) is 4.79 Å². The van der Waals surface area contributed by atoms with E-state index in [4.69, 9.17) is 11.0 Å². The molecule has 1 aromatic rings. The molecular formula is C9H11N3O2. The van der Waals surface area contributed by atoms with Crippen molar-refractivity contribution in [3.63, 3.8) is 0 Å². The third-order valence-electron chi connectivity index (χ3n) is 1.96. The number of methoxy groups -OCH3 is 1. The first-order valence-corrected chi connectivity index (χ1v) is 4.12. The molecule has 0 radical (unpaired) electrons. The van der Waals surface area contributed by atoms with Gasteiger partial charge in [0, 0.05) is 12.7 Å². The monoisotopic (exact) mass is 193 g/mol. The van der Waals surface area contributed by atoms with Crippen molar-refractivity contribution >= 4 is 11.7 Å². The molecule has 1 rings (SSSR count). The molecule has 1 aromatic heterocycles. The number of nitriles is 1. The number of aryl methyl sites for hydroxylation is 1. The van der Waals surface area contributed by atoms with Gasteiger partial charge in [0.1, 0.15) is 6.07 Å². The van der Waals surface area contributed by atoms with Crippen LogP contribution in [0.25, 0.3) is 0 Å². The van der Waals surface area contributed by atoms with E-state index in [0.717, 1.165) is 0 Å². The highest BCUT2D eigenvalue weighted by atomic mass is 16.5. The Morgan fingerprint density at radius 2 is 2.43 bits per heavy atom. The number of esters is 1. The molecule has 0 spiro atoms. The van der Waals surface area contributed by atoms with Crippen LogP contribution in [0.2, 0.25) is 0 Å². The Labute approximate surface area is 81.7 Å². The van der Waals surface area contributed by atoms with Gasteiger partial charge in [-0.3, -0.25) is 0 Å². The number of aromatic nitrogens is 1. The van der Waals surface area contributed by atoms with Gasteiger partial charge in [-0.05, 0) is 6.92 Å². The van der Waals surface area contributed by atoms with E-state index in [1.54, 1.807) is 10.8 Å². The van der Waals surface area contributed by atoms with Gasteiger partial charge >= 0.3 is 5.97 Å². The number of carbonyl (C=O) groups is 1. The van der Waals surface area contributed by atoms with Crippen molar-refractivity contribution in [2.24, 2.45) is 0 Å². The largest absolute Gasteiger partial charge is 0.464 e. The highest BCUT2D eigenvalue weighted by molar-refractivity contribution is 5.95. The van der Waals surface area contributed by atoms with Crippen LogP contribution in [-0.2, 0) is 11.3 Å². The fourth-order valence-electron chi connectivity index (χ4n) is 1.23. The average molecular weight is 193 g/mol. The maximum Gasteiger partial charge on any atom is 0.356 e. The number of nitrogens with two attached hydrogens (primary N) is 1. The number of nitrogen functional groups attached to an aromatic ring is 1. The molecule has 14 heavy (non-hydrogen) atoms. The molecule has 5 nitrogen and oxygen atoms in total. The van der Waals surface area contributed by atoms with Crippen molar-refractivity contribution in [1.82, 2.24) is 4.57 Å². The number of nitrogens with zero attached hydrogens (tertiary/aromatic N) is 2. The summed E-state index contributed by atoms with van der Waals surface area (Å²) in [5, 5.41) is 8.71. The maximum atomic E-state index is 11.3. The van der Waals surface area contributed by atoms with Crippen LogP contribution in [0.4, 0.5) is 5.69 Å². The average Bonchev–Trinajstić information content (AvgIpc) is 2.53. The van der Waals surface area contributed by atoms with Crippen molar-refractivity contribution in [1.29, 1.82) is 5.26 Å². The minimum Gasteiger partial charge on any atom is -0.464 e. The standard InChI is InChI=1S/C9H11N3O2/c1-3-12-5-6(4-10)7(11)8(12)9(13)14-2/h5H,3,11H2,1-2H3. The smallest absolute Gasteiger partial charge is 0.356 e. The zero-order valence-electron chi connectivity index (χ0n) is 8.07. The molecule has 1 heterocycles. The maximum absolute atomic E-state index is 11.3. The first-order valence-electron chi connectivity index (χ1n) is 4.12. The van der Waals surface area contributed by atoms with Crippen LogP contribution in [0, 0.1) is 11.3 Å². The SMILES string of the molecule is CCn1cc(C#N)c(N)c1C(=O)OC. The molecule has 0 saturated heterocycles. The summed E-state index contributed by atoms with van der Waals surface area (Å²) in [6, 6.07) is 1.92. The minimum atomic E-state index is -0.522. The van der Waals surface area contributed by atoms with Crippen molar-refractivity contribution in [2.45, 2.75) is 13.5 Å². The van der Waals surface area contributed by atoms with Gasteiger partial charge in [-0.25, -0.2) is 4.79 Å². The molecule has 74 valence electrons. The summed E-state index contributed by atoms with van der Waals surface area (Å²) in [4.78, 5) is 11.3. The minimum absolute atomic E-state index is 0.182. The van der Waals surface area contributed by atoms with Crippen molar-refractivity contribution in [2.75, 3.05) is 12.8 Å². The van der Waals surface area contributed by atoms with E-state index >= 15 is 0 Å². The number of hydrogen-bond donors (Lipinski definition) is 1. The molecule has 0 aliphatic rings. The fourth-order valence-corrected chi connectivity index (χ4v) is 1.23. The van der Waals surface area contributed by atoms with Crippen molar-refractivity contribution in [3.8, 4) is 6.07 Å². The number of carbonyl (C=O) groups excluding carboxylic acids is 1. The molecule has 0 bridgehead atoms. The summed E-state index contributed by atoms with van der Waals surface area (Å²) in [5.41, 5.74) is 6.34. The molecule has 0 unspecified atom stereocenters. The van der Waals surface area contributed by atoms with Gasteiger partial charge in [0.15, 0.2) is 5.69 Å². The number of ether oxygens (including phenoxy) is 1. The van der Waals surface area contributed by atoms with E-state index in [-0.39, 0.29) is 11.4 Å². The summed E-state index contributed by atoms with van der Waals surface area (Å²) in [6.45, 7) is 2.42. The number of rotatable bonds is 2. The normalized spacial score (nSPS) is 9.50. The number of hydrogen-bond acceptors (Lipinski definition) is 4. The van der Waals surface area contributed by atoms with E-state index in [2.05, 4.69) is 4.74 Å². The van der Waals surface area contributed by atoms with Crippen LogP contribution in [0.3, 0.4) is 0 Å². The fraction of sp³-hybridized carbons (Fsp3) is 0.333. The lowest BCUT2D eigenvalue weighted by molar-refractivity contribution is 0.0590. The third-order valence-corrected chi connectivity index (χ3v) is 1.96. The zero-order valence-corrected chi connectivity index (χ0v) is 8.07. The summed E-state index contributed by atoms with van der Waals surface area (Å²) in [5.74, 6) is -0.522. The highest BCUT2D eigenvalue weighted by Gasteiger charge is 2.19. The number of anilines is 1. The van der Waals surface area contributed by atoms with Crippen LogP contribution in [-0.4, -0.2) is 17.6 Å². The van der Waals surface area contributed by atoms with Crippen LogP contribution in [0.5, 0.6) is 0 Å². The first-order chi connectivity index (χ1) is 6.65. The highest BCUT2D eigenvalue weighted by Crippen LogP contribution is 2.20. The molecule has 2 N–H and O–H groups in total. The summed E-state index contributed by atoms with van der Waals surface area (Å²) < 4.78 is 6.17. The quantitative estimate of drug-likeness (QED) is 0.702. The van der Waals surface area contributed by atoms with E-state index in [1.807, 2.05) is 13.0 Å². The predicted molar refractivity (Wildman–Crippen MR) is 50.6 cm³/mol. The van der Waals surface area contributed by atoms with Gasteiger partial charge < -0.3 is 15.0 Å². The van der Waals surface area contributed by atoms with Gasteiger partial charge in [-0.1, -0.05) is 0 Å². The Hall–Kier alpha value is -1.96. The lowest BCUT2D eigenvalue weighted by atomic mass is 10.3. The molecule has 0 aliphatic carbocycles. The van der Waals surface area contributed by atoms with Crippen molar-refractivity contribution in [3.05, 3.63) is 17.5 Å². The Morgan fingerprint density at radius 1 is 1.79 bits per heavy atom. The van der Waals surface area contributed by atoms with Crippen molar-refractivity contribution < 1.29 is 9.53 Å². The van der Waals surface area contributed by atoms with E-state index in [1.165, 1.54) is 7.11 Å². The second-order valence-corrected chi connectivity index (χ2v) is 2.69. The van der Waals surface area contributed by atoms with Gasteiger partial charge in [-0.15, -0.1) is 0 Å². The van der Waals surface area contributed by atoms with Crippen LogP contribution in [0.15, 0.2) is 6.20 Å². The van der Waals surface area contributed by atoms with Gasteiger partial charge in [-0.2, -0.15) is 5.26 Å². The van der Waals surface area contributed by atoms with Gasteiger partial charge in [0.2, 0.25) is 0 Å². The lowest BCUT2D eigenvalue weighted by Crippen LogP contribution is -2.11. The molecule has 0 atom stereocenters. The Bertz CT molecular complexity index is 401. The van der Waals surface area contributed by atoms with Gasteiger partial charge in [0.25, 0.3) is 0 Å². The molecule has 0 fully saturated rings.